The molecule has 1 rings (SSSR count). The number of hydrogen-bond acceptors (Lipinski definition) is 7. The lowest BCUT2D eigenvalue weighted by molar-refractivity contribution is -0.385. The van der Waals surface area contributed by atoms with Crippen molar-refractivity contribution in [3.8, 4) is 17.6 Å². The summed E-state index contributed by atoms with van der Waals surface area (Å²) >= 11 is 0. The highest BCUT2D eigenvalue weighted by atomic mass is 16.6. The first-order valence-corrected chi connectivity index (χ1v) is 5.22. The first-order valence-electron chi connectivity index (χ1n) is 5.22. The molecular weight excluding hydrogens is 268 g/mol. The molecule has 1 N–H and O–H groups in total. The van der Waals surface area contributed by atoms with Crippen LogP contribution in [-0.2, 0) is 4.79 Å². The van der Waals surface area contributed by atoms with Crippen molar-refractivity contribution in [2.24, 2.45) is 5.10 Å². The molecule has 1 aromatic carbocycles. The van der Waals surface area contributed by atoms with Crippen molar-refractivity contribution in [3.63, 3.8) is 0 Å². The van der Waals surface area contributed by atoms with E-state index in [2.05, 4.69) is 5.10 Å². The molecule has 0 unspecified atom stereocenters. The number of benzene rings is 1. The van der Waals surface area contributed by atoms with Gasteiger partial charge in [0.15, 0.2) is 0 Å². The summed E-state index contributed by atoms with van der Waals surface area (Å²) in [6, 6.07) is 3.61. The molecule has 0 fully saturated rings. The summed E-state index contributed by atoms with van der Waals surface area (Å²) in [5, 5.41) is 34.2. The van der Waals surface area contributed by atoms with Crippen LogP contribution in [0.2, 0.25) is 0 Å². The maximum Gasteiger partial charge on any atom is 0.273 e. The van der Waals surface area contributed by atoms with Crippen LogP contribution in [0.15, 0.2) is 17.2 Å². The maximum absolute atomic E-state index is 11.8. The van der Waals surface area contributed by atoms with E-state index in [0.29, 0.717) is 0 Å². The Bertz CT molecular complexity index is 606. The zero-order chi connectivity index (χ0) is 15.1. The number of non-ortho nitro benzene ring substituents is 1. The highest BCUT2D eigenvalue weighted by Crippen LogP contribution is 2.31. The summed E-state index contributed by atoms with van der Waals surface area (Å²) in [6.07, 6.45) is 0.562. The Morgan fingerprint density at radius 1 is 1.65 bits per heavy atom. The molecule has 9 nitrogen and oxygen atoms in total. The third kappa shape index (κ3) is 3.67. The van der Waals surface area contributed by atoms with Gasteiger partial charge in [-0.3, -0.25) is 14.9 Å². The molecule has 0 radical (unpaired) electrons. The maximum atomic E-state index is 11.8. The Balaban J connectivity index is 3.02. The highest BCUT2D eigenvalue weighted by Gasteiger charge is 2.11. The van der Waals surface area contributed by atoms with Gasteiger partial charge in [0.1, 0.15) is 12.2 Å². The Labute approximate surface area is 113 Å². The summed E-state index contributed by atoms with van der Waals surface area (Å²) in [5.41, 5.74) is 1.55. The molecule has 1 amide bonds. The Morgan fingerprint density at radius 3 is 2.90 bits per heavy atom. The second-order valence-electron chi connectivity index (χ2n) is 3.45. The van der Waals surface area contributed by atoms with Gasteiger partial charge in [0, 0.05) is 6.07 Å². The van der Waals surface area contributed by atoms with Gasteiger partial charge >= 0.3 is 0 Å². The molecule has 0 atom stereocenters. The monoisotopic (exact) mass is 277 g/mol. The van der Waals surface area contributed by atoms with Crippen molar-refractivity contribution in [3.05, 3.63) is 27.8 Å². The largest absolute Gasteiger partial charge is 0.870 e. The van der Waals surface area contributed by atoms with E-state index >= 15 is 0 Å². The van der Waals surface area contributed by atoms with E-state index in [1.807, 2.05) is 5.43 Å². The minimum atomic E-state index is -0.687. The molecule has 104 valence electrons. The molecule has 0 heterocycles. The predicted octanol–water partition coefficient (Wildman–Crippen LogP) is 0.0408. The molecule has 1 aromatic rings. The number of nitrogens with one attached hydrogen (secondary N) is 1. The Hall–Kier alpha value is -3.15. The van der Waals surface area contributed by atoms with E-state index in [1.54, 1.807) is 6.07 Å². The standard InChI is InChI=1S/C11H10N4O5/c1-20-9-5-8(15(18)19)4-7(11(9)17)6-13-14-10(16)2-3-12/h4-6,17H,2H2,1H3,(H,14,16)/p-1/b13-6-. The number of carbonyl (C=O) groups is 1. The van der Waals surface area contributed by atoms with Gasteiger partial charge < -0.3 is 9.84 Å². The lowest BCUT2D eigenvalue weighted by Gasteiger charge is -2.14. The van der Waals surface area contributed by atoms with Gasteiger partial charge in [0.05, 0.1) is 30.4 Å². The van der Waals surface area contributed by atoms with Gasteiger partial charge in [-0.1, -0.05) is 5.75 Å². The fraction of sp³-hybridized carbons (Fsp3) is 0.182. The summed E-state index contributed by atoms with van der Waals surface area (Å²) in [6.45, 7) is 0. The second-order valence-corrected chi connectivity index (χ2v) is 3.45. The zero-order valence-corrected chi connectivity index (χ0v) is 10.3. The molecule has 0 saturated heterocycles. The smallest absolute Gasteiger partial charge is 0.273 e. The third-order valence-electron chi connectivity index (χ3n) is 2.13. The number of methoxy groups -OCH3 is 1. The fourth-order valence-corrected chi connectivity index (χ4v) is 1.25. The number of nitro benzene ring substituents is 1. The fourth-order valence-electron chi connectivity index (χ4n) is 1.25. The normalized spacial score (nSPS) is 10.0. The number of hydrogen-bond donors (Lipinski definition) is 1. The van der Waals surface area contributed by atoms with Crippen LogP contribution in [0.25, 0.3) is 0 Å². The van der Waals surface area contributed by atoms with Crippen LogP contribution >= 0.6 is 0 Å². The molecule has 9 heteroatoms. The number of hydrazone groups is 1. The third-order valence-corrected chi connectivity index (χ3v) is 2.13. The average molecular weight is 277 g/mol. The average Bonchev–Trinajstić information content (AvgIpc) is 2.40. The lowest BCUT2D eigenvalue weighted by Crippen LogP contribution is -2.16. The summed E-state index contributed by atoms with van der Waals surface area (Å²) in [7, 11) is 1.20. The molecular formula is C11H9N4O5-. The van der Waals surface area contributed by atoms with E-state index in [4.69, 9.17) is 10.00 Å². The zero-order valence-electron chi connectivity index (χ0n) is 10.3. The van der Waals surface area contributed by atoms with Crippen LogP contribution in [0.1, 0.15) is 12.0 Å². The van der Waals surface area contributed by atoms with E-state index in [-0.39, 0.29) is 23.4 Å². The number of carbonyl (C=O) groups excluding carboxylic acids is 1. The molecule has 0 bridgehead atoms. The Kier molecular flexibility index (Phi) is 4.99. The SMILES string of the molecule is COc1cc([N+](=O)[O-])cc(/C=N\NC(=O)CC#N)c1[O-]. The van der Waals surface area contributed by atoms with Crippen molar-refractivity contribution in [2.75, 3.05) is 7.11 Å². The van der Waals surface area contributed by atoms with E-state index in [0.717, 1.165) is 18.3 Å². The van der Waals surface area contributed by atoms with Gasteiger partial charge in [-0.15, -0.1) is 0 Å². The summed E-state index contributed by atoms with van der Waals surface area (Å²) in [5.74, 6) is -1.46. The van der Waals surface area contributed by atoms with Crippen molar-refractivity contribution in [1.29, 1.82) is 5.26 Å². The minimum Gasteiger partial charge on any atom is -0.870 e. The van der Waals surface area contributed by atoms with Crippen molar-refractivity contribution < 1.29 is 19.6 Å². The Morgan fingerprint density at radius 2 is 2.35 bits per heavy atom. The van der Waals surface area contributed by atoms with Crippen molar-refractivity contribution in [2.45, 2.75) is 6.42 Å². The summed E-state index contributed by atoms with van der Waals surface area (Å²) in [4.78, 5) is 21.0. The number of rotatable bonds is 5. The number of amides is 1. The first kappa shape index (κ1) is 14.9. The van der Waals surface area contributed by atoms with Crippen LogP contribution in [0.3, 0.4) is 0 Å². The molecule has 0 saturated carbocycles. The molecule has 0 spiro atoms. The highest BCUT2D eigenvalue weighted by molar-refractivity contribution is 5.87. The van der Waals surface area contributed by atoms with Crippen LogP contribution < -0.4 is 15.3 Å². The molecule has 0 aromatic heterocycles. The van der Waals surface area contributed by atoms with Crippen LogP contribution in [0.4, 0.5) is 5.69 Å². The van der Waals surface area contributed by atoms with Gasteiger partial charge in [0.2, 0.25) is 0 Å². The summed E-state index contributed by atoms with van der Waals surface area (Å²) < 4.78 is 4.73. The number of nitrogens with zero attached hydrogens (tertiary/aromatic N) is 3. The molecule has 0 aliphatic heterocycles. The van der Waals surface area contributed by atoms with Gasteiger partial charge in [-0.2, -0.15) is 10.4 Å². The van der Waals surface area contributed by atoms with Crippen LogP contribution in [0.5, 0.6) is 11.5 Å². The topological polar surface area (TPSA) is 141 Å². The molecule has 0 aliphatic carbocycles. The van der Waals surface area contributed by atoms with Crippen molar-refractivity contribution >= 4 is 17.8 Å². The number of nitriles is 1. The first-order chi connectivity index (χ1) is 9.49. The van der Waals surface area contributed by atoms with Crippen LogP contribution in [0, 0.1) is 21.4 Å². The van der Waals surface area contributed by atoms with Gasteiger partial charge in [-0.25, -0.2) is 5.43 Å². The van der Waals surface area contributed by atoms with Gasteiger partial charge in [-0.05, 0) is 5.56 Å². The van der Waals surface area contributed by atoms with Crippen molar-refractivity contribution in [1.82, 2.24) is 5.43 Å². The van der Waals surface area contributed by atoms with E-state index in [1.165, 1.54) is 7.11 Å². The predicted molar refractivity (Wildman–Crippen MR) is 65.1 cm³/mol. The van der Waals surface area contributed by atoms with E-state index in [9.17, 15) is 20.0 Å². The quantitative estimate of drug-likeness (QED) is 0.457. The number of nitro groups is 1. The van der Waals surface area contributed by atoms with Gasteiger partial charge in [0.25, 0.3) is 11.6 Å². The minimum absolute atomic E-state index is 0.117. The molecule has 20 heavy (non-hydrogen) atoms. The second kappa shape index (κ2) is 6.69. The number of ether oxygens (including phenoxy) is 1. The van der Waals surface area contributed by atoms with Crippen LogP contribution in [-0.4, -0.2) is 24.2 Å². The molecule has 0 aliphatic rings. The lowest BCUT2D eigenvalue weighted by atomic mass is 10.2. The van der Waals surface area contributed by atoms with E-state index < -0.39 is 16.6 Å².